The quantitative estimate of drug-likeness (QED) is 0.858. The largest absolute Gasteiger partial charge is 0.478 e. The van der Waals surface area contributed by atoms with Crippen molar-refractivity contribution in [1.29, 1.82) is 5.26 Å². The molecule has 2 aromatic rings. The van der Waals surface area contributed by atoms with Crippen molar-refractivity contribution >= 4 is 11.7 Å². The van der Waals surface area contributed by atoms with Gasteiger partial charge < -0.3 is 14.8 Å². The third-order valence-electron chi connectivity index (χ3n) is 2.60. The smallest absolute Gasteiger partial charge is 0.338 e. The van der Waals surface area contributed by atoms with Crippen LogP contribution in [0, 0.1) is 11.3 Å². The highest BCUT2D eigenvalue weighted by Crippen LogP contribution is 2.13. The number of benzene rings is 1. The molecule has 5 nitrogen and oxygen atoms in total. The van der Waals surface area contributed by atoms with Gasteiger partial charge >= 0.3 is 5.97 Å². The van der Waals surface area contributed by atoms with Gasteiger partial charge in [0.15, 0.2) is 0 Å². The SMILES string of the molecule is N#CCc1ccc(NCc2cc(C(=O)O)co2)cc1. The van der Waals surface area contributed by atoms with Gasteiger partial charge in [-0.05, 0) is 23.8 Å². The first kappa shape index (κ1) is 12.7. The molecule has 0 bridgehead atoms. The van der Waals surface area contributed by atoms with E-state index in [0.29, 0.717) is 18.7 Å². The Bertz CT molecular complexity index is 608. The molecular formula is C14H12N2O3. The molecule has 0 radical (unpaired) electrons. The zero-order valence-electron chi connectivity index (χ0n) is 10.1. The fraction of sp³-hybridized carbons (Fsp3) is 0.143. The van der Waals surface area contributed by atoms with E-state index < -0.39 is 5.97 Å². The van der Waals surface area contributed by atoms with Gasteiger partial charge in [-0.15, -0.1) is 0 Å². The van der Waals surface area contributed by atoms with E-state index in [-0.39, 0.29) is 5.56 Å². The Morgan fingerprint density at radius 1 is 1.37 bits per heavy atom. The first-order valence-electron chi connectivity index (χ1n) is 5.69. The summed E-state index contributed by atoms with van der Waals surface area (Å²) in [6, 6.07) is 11.0. The van der Waals surface area contributed by atoms with Crippen LogP contribution in [-0.4, -0.2) is 11.1 Å². The molecular weight excluding hydrogens is 244 g/mol. The molecule has 0 amide bonds. The fourth-order valence-electron chi connectivity index (χ4n) is 1.61. The summed E-state index contributed by atoms with van der Waals surface area (Å²) >= 11 is 0. The van der Waals surface area contributed by atoms with Gasteiger partial charge in [-0.3, -0.25) is 0 Å². The third kappa shape index (κ3) is 3.36. The standard InChI is InChI=1S/C14H12N2O3/c15-6-5-10-1-3-12(4-2-10)16-8-13-7-11(9-19-13)14(17)18/h1-4,7,9,16H,5,8H2,(H,17,18). The van der Waals surface area contributed by atoms with Crippen molar-refractivity contribution in [2.24, 2.45) is 0 Å². The molecule has 0 atom stereocenters. The molecule has 2 rings (SSSR count). The highest BCUT2D eigenvalue weighted by molar-refractivity contribution is 5.87. The van der Waals surface area contributed by atoms with Crippen LogP contribution >= 0.6 is 0 Å². The highest BCUT2D eigenvalue weighted by Gasteiger charge is 2.07. The van der Waals surface area contributed by atoms with Gasteiger partial charge in [0.05, 0.1) is 24.6 Å². The molecule has 1 aromatic carbocycles. The lowest BCUT2D eigenvalue weighted by atomic mass is 10.1. The Kier molecular flexibility index (Phi) is 3.84. The molecule has 1 heterocycles. The average Bonchev–Trinajstić information content (AvgIpc) is 2.87. The summed E-state index contributed by atoms with van der Waals surface area (Å²) < 4.78 is 5.12. The van der Waals surface area contributed by atoms with Crippen LogP contribution in [0.25, 0.3) is 0 Å². The van der Waals surface area contributed by atoms with E-state index in [1.807, 2.05) is 24.3 Å². The second-order valence-electron chi connectivity index (χ2n) is 3.99. The number of aromatic carboxylic acids is 1. The number of rotatable bonds is 5. The van der Waals surface area contributed by atoms with Crippen molar-refractivity contribution in [2.45, 2.75) is 13.0 Å². The number of hydrogen-bond acceptors (Lipinski definition) is 4. The lowest BCUT2D eigenvalue weighted by molar-refractivity contribution is 0.0696. The molecule has 0 saturated carbocycles. The van der Waals surface area contributed by atoms with Crippen LogP contribution in [0.5, 0.6) is 0 Å². The molecule has 5 heteroatoms. The predicted molar refractivity (Wildman–Crippen MR) is 68.8 cm³/mol. The van der Waals surface area contributed by atoms with Crippen molar-refractivity contribution in [3.05, 3.63) is 53.5 Å². The molecule has 0 saturated heterocycles. The molecule has 0 aliphatic rings. The summed E-state index contributed by atoms with van der Waals surface area (Å²) in [7, 11) is 0. The minimum absolute atomic E-state index is 0.140. The lowest BCUT2D eigenvalue weighted by Gasteiger charge is -2.04. The molecule has 0 aliphatic heterocycles. The minimum Gasteiger partial charge on any atom is -0.478 e. The summed E-state index contributed by atoms with van der Waals surface area (Å²) in [4.78, 5) is 10.7. The van der Waals surface area contributed by atoms with Gasteiger partial charge in [0.25, 0.3) is 0 Å². The van der Waals surface area contributed by atoms with Crippen LogP contribution in [0.1, 0.15) is 21.7 Å². The van der Waals surface area contributed by atoms with Crippen LogP contribution in [0.2, 0.25) is 0 Å². The number of carbonyl (C=O) groups is 1. The second-order valence-corrected chi connectivity index (χ2v) is 3.99. The molecule has 1 aromatic heterocycles. The van der Waals surface area contributed by atoms with Crippen molar-refractivity contribution in [2.75, 3.05) is 5.32 Å². The summed E-state index contributed by atoms with van der Waals surface area (Å²) in [5.74, 6) is -0.450. The lowest BCUT2D eigenvalue weighted by Crippen LogP contribution is -1.98. The predicted octanol–water partition coefficient (Wildman–Crippen LogP) is 2.66. The van der Waals surface area contributed by atoms with Crippen LogP contribution in [-0.2, 0) is 13.0 Å². The Labute approximate surface area is 110 Å². The van der Waals surface area contributed by atoms with Crippen molar-refractivity contribution < 1.29 is 14.3 Å². The van der Waals surface area contributed by atoms with Crippen LogP contribution < -0.4 is 5.32 Å². The molecule has 96 valence electrons. The maximum Gasteiger partial charge on any atom is 0.338 e. The molecule has 0 fully saturated rings. The van der Waals surface area contributed by atoms with Gasteiger partial charge in [-0.2, -0.15) is 5.26 Å². The number of carboxylic acids is 1. The van der Waals surface area contributed by atoms with E-state index >= 15 is 0 Å². The van der Waals surface area contributed by atoms with E-state index in [1.165, 1.54) is 12.3 Å². The average molecular weight is 256 g/mol. The van der Waals surface area contributed by atoms with E-state index in [0.717, 1.165) is 11.3 Å². The molecule has 0 aliphatic carbocycles. The van der Waals surface area contributed by atoms with E-state index in [9.17, 15) is 4.79 Å². The zero-order valence-corrected chi connectivity index (χ0v) is 10.1. The Morgan fingerprint density at radius 3 is 2.68 bits per heavy atom. The first-order valence-corrected chi connectivity index (χ1v) is 5.69. The second kappa shape index (κ2) is 5.74. The Morgan fingerprint density at radius 2 is 2.11 bits per heavy atom. The van der Waals surface area contributed by atoms with Gasteiger partial charge in [0.2, 0.25) is 0 Å². The van der Waals surface area contributed by atoms with Crippen LogP contribution in [0.15, 0.2) is 41.0 Å². The van der Waals surface area contributed by atoms with Crippen molar-refractivity contribution in [3.8, 4) is 6.07 Å². The number of carboxylic acid groups (broad SMARTS) is 1. The molecule has 0 spiro atoms. The fourth-order valence-corrected chi connectivity index (χ4v) is 1.61. The minimum atomic E-state index is -1.00. The van der Waals surface area contributed by atoms with Gasteiger partial charge in [-0.1, -0.05) is 12.1 Å². The Hall–Kier alpha value is -2.74. The summed E-state index contributed by atoms with van der Waals surface area (Å²) in [5.41, 5.74) is 1.98. The number of nitriles is 1. The zero-order chi connectivity index (χ0) is 13.7. The highest BCUT2D eigenvalue weighted by atomic mass is 16.4. The van der Waals surface area contributed by atoms with E-state index in [2.05, 4.69) is 11.4 Å². The van der Waals surface area contributed by atoms with Gasteiger partial charge in [0, 0.05) is 5.69 Å². The van der Waals surface area contributed by atoms with Crippen LogP contribution in [0.4, 0.5) is 5.69 Å². The Balaban J connectivity index is 1.94. The van der Waals surface area contributed by atoms with Gasteiger partial charge in [-0.25, -0.2) is 4.79 Å². The van der Waals surface area contributed by atoms with Crippen molar-refractivity contribution in [3.63, 3.8) is 0 Å². The number of furan rings is 1. The topological polar surface area (TPSA) is 86.3 Å². The summed E-state index contributed by atoms with van der Waals surface area (Å²) in [5, 5.41) is 20.4. The number of nitrogens with one attached hydrogen (secondary N) is 1. The molecule has 2 N–H and O–H groups in total. The van der Waals surface area contributed by atoms with Crippen LogP contribution in [0.3, 0.4) is 0 Å². The van der Waals surface area contributed by atoms with Gasteiger partial charge in [0.1, 0.15) is 12.0 Å². The van der Waals surface area contributed by atoms with E-state index in [4.69, 9.17) is 14.8 Å². The third-order valence-corrected chi connectivity index (χ3v) is 2.60. The molecule has 19 heavy (non-hydrogen) atoms. The number of nitrogens with zero attached hydrogens (tertiary/aromatic N) is 1. The summed E-state index contributed by atoms with van der Waals surface area (Å²) in [6.07, 6.45) is 1.61. The van der Waals surface area contributed by atoms with Crippen molar-refractivity contribution in [1.82, 2.24) is 0 Å². The monoisotopic (exact) mass is 256 g/mol. The van der Waals surface area contributed by atoms with E-state index in [1.54, 1.807) is 0 Å². The molecule has 0 unspecified atom stereocenters. The number of anilines is 1. The normalized spacial score (nSPS) is 9.84. The summed E-state index contributed by atoms with van der Waals surface area (Å²) in [6.45, 7) is 0.408. The number of hydrogen-bond donors (Lipinski definition) is 2. The maximum absolute atomic E-state index is 10.7. The maximum atomic E-state index is 10.7. The first-order chi connectivity index (χ1) is 9.19.